The number of anilines is 1. The third-order valence-corrected chi connectivity index (χ3v) is 4.22. The molecule has 0 spiro atoms. The lowest BCUT2D eigenvalue weighted by molar-refractivity contribution is -0.143. The summed E-state index contributed by atoms with van der Waals surface area (Å²) in [5, 5.41) is 5.71. The van der Waals surface area contributed by atoms with Crippen molar-refractivity contribution in [3.05, 3.63) is 76.3 Å². The van der Waals surface area contributed by atoms with E-state index in [-0.39, 0.29) is 24.2 Å². The number of ether oxygens (including phenoxy) is 1. The van der Waals surface area contributed by atoms with Crippen LogP contribution in [-0.4, -0.2) is 23.6 Å². The number of fused-ring (bicyclic) bond motifs is 1. The van der Waals surface area contributed by atoms with Crippen molar-refractivity contribution in [2.45, 2.75) is 19.4 Å². The van der Waals surface area contributed by atoms with Gasteiger partial charge in [-0.2, -0.15) is 0 Å². The Morgan fingerprint density at radius 3 is 2.62 bits per heavy atom. The molecule has 150 valence electrons. The summed E-state index contributed by atoms with van der Waals surface area (Å²) in [6, 6.07) is 13.2. The normalized spacial score (nSPS) is 11.7. The number of H-pyrrole nitrogens is 1. The van der Waals surface area contributed by atoms with Gasteiger partial charge in [0, 0.05) is 17.1 Å². The van der Waals surface area contributed by atoms with E-state index >= 15 is 0 Å². The van der Waals surface area contributed by atoms with E-state index in [1.807, 2.05) is 6.07 Å². The SMILES string of the molecule is CCOC(=O)C[C@@H](NC(=O)Nc1cc(F)c2[nH]c(=O)ccc2c1)c1ccccc1. The highest BCUT2D eigenvalue weighted by molar-refractivity contribution is 5.93. The number of aromatic nitrogens is 1. The molecule has 0 saturated carbocycles. The standard InChI is InChI=1S/C21H20FN3O4/c1-2-29-19(27)12-17(13-6-4-3-5-7-13)24-21(28)23-15-10-14-8-9-18(26)25-20(14)16(22)11-15/h3-11,17H,2,12H2,1H3,(H,25,26)(H2,23,24,28)/t17-/m1/s1. The first-order valence-corrected chi connectivity index (χ1v) is 9.07. The molecule has 0 unspecified atom stereocenters. The predicted molar refractivity (Wildman–Crippen MR) is 107 cm³/mol. The Morgan fingerprint density at radius 2 is 1.90 bits per heavy atom. The molecule has 1 heterocycles. The first-order chi connectivity index (χ1) is 14.0. The van der Waals surface area contributed by atoms with E-state index in [9.17, 15) is 18.8 Å². The topological polar surface area (TPSA) is 100 Å². The molecule has 3 rings (SSSR count). The molecule has 0 saturated heterocycles. The number of pyridine rings is 1. The van der Waals surface area contributed by atoms with Gasteiger partial charge in [0.05, 0.1) is 24.6 Å². The van der Waals surface area contributed by atoms with Crippen LogP contribution in [0.2, 0.25) is 0 Å². The van der Waals surface area contributed by atoms with Gasteiger partial charge in [0.25, 0.3) is 0 Å². The fraction of sp³-hybridized carbons (Fsp3) is 0.190. The van der Waals surface area contributed by atoms with Crippen LogP contribution in [-0.2, 0) is 9.53 Å². The van der Waals surface area contributed by atoms with Crippen molar-refractivity contribution in [3.8, 4) is 0 Å². The summed E-state index contributed by atoms with van der Waals surface area (Å²) in [5.41, 5.74) is 0.591. The minimum absolute atomic E-state index is 0.0431. The molecule has 0 fully saturated rings. The van der Waals surface area contributed by atoms with Gasteiger partial charge in [-0.05, 0) is 30.7 Å². The number of aromatic amines is 1. The van der Waals surface area contributed by atoms with E-state index < -0.39 is 29.4 Å². The van der Waals surface area contributed by atoms with Crippen molar-refractivity contribution < 1.29 is 18.7 Å². The minimum Gasteiger partial charge on any atom is -0.466 e. The van der Waals surface area contributed by atoms with Crippen molar-refractivity contribution in [2.75, 3.05) is 11.9 Å². The molecule has 0 radical (unpaired) electrons. The van der Waals surface area contributed by atoms with Gasteiger partial charge in [-0.3, -0.25) is 9.59 Å². The average Bonchev–Trinajstić information content (AvgIpc) is 2.69. The van der Waals surface area contributed by atoms with Gasteiger partial charge in [-0.25, -0.2) is 9.18 Å². The van der Waals surface area contributed by atoms with Gasteiger partial charge in [0.2, 0.25) is 5.56 Å². The van der Waals surface area contributed by atoms with Crippen molar-refractivity contribution in [3.63, 3.8) is 0 Å². The molecule has 0 aliphatic heterocycles. The van der Waals surface area contributed by atoms with Crippen LogP contribution in [0.4, 0.5) is 14.9 Å². The zero-order valence-electron chi connectivity index (χ0n) is 15.7. The smallest absolute Gasteiger partial charge is 0.319 e. The molecule has 2 aromatic carbocycles. The van der Waals surface area contributed by atoms with E-state index in [1.165, 1.54) is 18.2 Å². The highest BCUT2D eigenvalue weighted by atomic mass is 19.1. The molecule has 1 atom stereocenters. The highest BCUT2D eigenvalue weighted by Crippen LogP contribution is 2.21. The van der Waals surface area contributed by atoms with Crippen LogP contribution >= 0.6 is 0 Å². The number of benzene rings is 2. The third kappa shape index (κ3) is 5.19. The second kappa shape index (κ2) is 9.01. The number of rotatable bonds is 6. The molecule has 3 aromatic rings. The third-order valence-electron chi connectivity index (χ3n) is 4.22. The molecule has 0 aliphatic rings. The molecule has 8 heteroatoms. The van der Waals surface area contributed by atoms with Crippen LogP contribution in [0, 0.1) is 5.82 Å². The van der Waals surface area contributed by atoms with Gasteiger partial charge in [-0.1, -0.05) is 30.3 Å². The molecular weight excluding hydrogens is 377 g/mol. The summed E-state index contributed by atoms with van der Waals surface area (Å²) in [4.78, 5) is 38.2. The maximum atomic E-state index is 14.3. The fourth-order valence-corrected chi connectivity index (χ4v) is 2.94. The van der Waals surface area contributed by atoms with Gasteiger partial charge in [-0.15, -0.1) is 0 Å². The Labute approximate surface area is 165 Å². The lowest BCUT2D eigenvalue weighted by atomic mass is 10.0. The molecule has 29 heavy (non-hydrogen) atoms. The minimum atomic E-state index is -0.665. The molecule has 3 N–H and O–H groups in total. The maximum Gasteiger partial charge on any atom is 0.319 e. The van der Waals surface area contributed by atoms with E-state index in [0.717, 1.165) is 11.6 Å². The van der Waals surface area contributed by atoms with Crippen molar-refractivity contribution in [1.82, 2.24) is 10.3 Å². The van der Waals surface area contributed by atoms with E-state index in [4.69, 9.17) is 4.74 Å². The van der Waals surface area contributed by atoms with Crippen LogP contribution in [0.15, 0.2) is 59.4 Å². The molecule has 7 nitrogen and oxygen atoms in total. The summed E-state index contributed by atoms with van der Waals surface area (Å²) >= 11 is 0. The number of carbonyl (C=O) groups is 2. The number of amides is 2. The molecule has 2 amide bonds. The molecule has 0 aliphatic carbocycles. The molecule has 1 aromatic heterocycles. The van der Waals surface area contributed by atoms with Gasteiger partial charge >= 0.3 is 12.0 Å². The maximum absolute atomic E-state index is 14.3. The Bertz CT molecular complexity index is 1080. The van der Waals surface area contributed by atoms with Crippen molar-refractivity contribution >= 4 is 28.6 Å². The fourth-order valence-electron chi connectivity index (χ4n) is 2.94. The van der Waals surface area contributed by atoms with Crippen LogP contribution in [0.25, 0.3) is 10.9 Å². The van der Waals surface area contributed by atoms with E-state index in [0.29, 0.717) is 5.39 Å². The number of nitrogens with one attached hydrogen (secondary N) is 3. The largest absolute Gasteiger partial charge is 0.466 e. The van der Waals surface area contributed by atoms with Crippen LogP contribution in [0.5, 0.6) is 0 Å². The van der Waals surface area contributed by atoms with Gasteiger partial charge in [0.1, 0.15) is 5.82 Å². The zero-order valence-corrected chi connectivity index (χ0v) is 15.7. The predicted octanol–water partition coefficient (Wildman–Crippen LogP) is 3.48. The summed E-state index contributed by atoms with van der Waals surface area (Å²) < 4.78 is 19.2. The van der Waals surface area contributed by atoms with Crippen molar-refractivity contribution in [1.29, 1.82) is 0 Å². The van der Waals surface area contributed by atoms with E-state index in [1.54, 1.807) is 31.2 Å². The Balaban J connectivity index is 1.77. The number of halogens is 1. The van der Waals surface area contributed by atoms with E-state index in [2.05, 4.69) is 15.6 Å². The Hall–Kier alpha value is -3.68. The number of urea groups is 1. The summed E-state index contributed by atoms with van der Waals surface area (Å²) in [6.07, 6.45) is -0.0431. The first-order valence-electron chi connectivity index (χ1n) is 9.07. The molecular formula is C21H20FN3O4. The second-order valence-electron chi connectivity index (χ2n) is 6.32. The number of carbonyl (C=O) groups excluding carboxylic acids is 2. The monoisotopic (exact) mass is 397 g/mol. The summed E-state index contributed by atoms with van der Waals surface area (Å²) in [5.74, 6) is -1.11. The molecule has 0 bridgehead atoms. The second-order valence-corrected chi connectivity index (χ2v) is 6.32. The summed E-state index contributed by atoms with van der Waals surface area (Å²) in [7, 11) is 0. The highest BCUT2D eigenvalue weighted by Gasteiger charge is 2.19. The van der Waals surface area contributed by atoms with Crippen LogP contribution < -0.4 is 16.2 Å². The summed E-state index contributed by atoms with van der Waals surface area (Å²) in [6.45, 7) is 1.95. The lowest BCUT2D eigenvalue weighted by Gasteiger charge is -2.19. The number of hydrogen-bond acceptors (Lipinski definition) is 4. The lowest BCUT2D eigenvalue weighted by Crippen LogP contribution is -2.34. The van der Waals surface area contributed by atoms with Gasteiger partial charge in [0.15, 0.2) is 0 Å². The van der Waals surface area contributed by atoms with Gasteiger partial charge < -0.3 is 20.4 Å². The van der Waals surface area contributed by atoms with Crippen LogP contribution in [0.3, 0.4) is 0 Å². The van der Waals surface area contributed by atoms with Crippen molar-refractivity contribution in [2.24, 2.45) is 0 Å². The average molecular weight is 397 g/mol. The van der Waals surface area contributed by atoms with Crippen LogP contribution in [0.1, 0.15) is 24.9 Å². The first kappa shape index (κ1) is 20.1. The Kier molecular flexibility index (Phi) is 6.23. The number of esters is 1. The Morgan fingerprint density at radius 1 is 1.14 bits per heavy atom. The zero-order chi connectivity index (χ0) is 20.8. The quantitative estimate of drug-likeness (QED) is 0.555. The number of hydrogen-bond donors (Lipinski definition) is 3.